The van der Waals surface area contributed by atoms with Gasteiger partial charge in [-0.1, -0.05) is 6.07 Å². The Bertz CT molecular complexity index is 533. The second-order valence-corrected chi connectivity index (χ2v) is 5.94. The number of hydrogen-bond acceptors (Lipinski definition) is 2. The van der Waals surface area contributed by atoms with Crippen LogP contribution in [0.1, 0.15) is 33.8 Å². The highest BCUT2D eigenvalue weighted by molar-refractivity contribution is 7.12. The number of thiophene rings is 1. The summed E-state index contributed by atoms with van der Waals surface area (Å²) >= 11 is 1.80. The van der Waals surface area contributed by atoms with Gasteiger partial charge in [-0.05, 0) is 56.2 Å². The van der Waals surface area contributed by atoms with Crippen molar-refractivity contribution in [2.24, 2.45) is 0 Å². The van der Waals surface area contributed by atoms with E-state index in [9.17, 15) is 4.39 Å². The van der Waals surface area contributed by atoms with Gasteiger partial charge in [0, 0.05) is 22.3 Å². The summed E-state index contributed by atoms with van der Waals surface area (Å²) in [5.74, 6) is -0.169. The minimum atomic E-state index is -0.169. The van der Waals surface area contributed by atoms with Crippen molar-refractivity contribution in [1.82, 2.24) is 5.32 Å². The maximum absolute atomic E-state index is 13.2. The quantitative estimate of drug-likeness (QED) is 0.864. The summed E-state index contributed by atoms with van der Waals surface area (Å²) in [4.78, 5) is 2.64. The molecule has 1 nitrogen and oxygen atoms in total. The lowest BCUT2D eigenvalue weighted by atomic mass is 10.1. The second-order valence-electron chi connectivity index (χ2n) is 4.62. The molecule has 1 aromatic carbocycles. The van der Waals surface area contributed by atoms with Gasteiger partial charge in [0.2, 0.25) is 0 Å². The van der Waals surface area contributed by atoms with Crippen LogP contribution in [-0.4, -0.2) is 0 Å². The molecule has 2 aromatic rings. The van der Waals surface area contributed by atoms with E-state index in [1.165, 1.54) is 15.8 Å². The Morgan fingerprint density at radius 1 is 1.22 bits per heavy atom. The van der Waals surface area contributed by atoms with Crippen molar-refractivity contribution in [3.63, 3.8) is 0 Å². The van der Waals surface area contributed by atoms with E-state index in [0.717, 1.165) is 11.1 Å². The van der Waals surface area contributed by atoms with Crippen LogP contribution in [0.4, 0.5) is 4.39 Å². The SMILES string of the molecule is Cc1ccc(C(C)NCc2cc(F)ccc2C)s1. The fraction of sp³-hybridized carbons (Fsp3) is 0.333. The van der Waals surface area contributed by atoms with Gasteiger partial charge in [0.1, 0.15) is 5.82 Å². The summed E-state index contributed by atoms with van der Waals surface area (Å²) < 4.78 is 13.2. The van der Waals surface area contributed by atoms with Gasteiger partial charge in [-0.3, -0.25) is 0 Å². The number of rotatable bonds is 4. The summed E-state index contributed by atoms with van der Waals surface area (Å²) in [6, 6.07) is 9.51. The van der Waals surface area contributed by atoms with E-state index in [1.54, 1.807) is 17.4 Å². The van der Waals surface area contributed by atoms with Crippen LogP contribution in [0, 0.1) is 19.7 Å². The van der Waals surface area contributed by atoms with Gasteiger partial charge in [-0.25, -0.2) is 4.39 Å². The van der Waals surface area contributed by atoms with Crippen LogP contribution in [0.2, 0.25) is 0 Å². The molecule has 0 saturated heterocycles. The summed E-state index contributed by atoms with van der Waals surface area (Å²) in [5, 5.41) is 3.44. The molecule has 2 rings (SSSR count). The van der Waals surface area contributed by atoms with Crippen molar-refractivity contribution in [2.75, 3.05) is 0 Å². The fourth-order valence-electron chi connectivity index (χ4n) is 1.88. The average molecular weight is 263 g/mol. The molecule has 0 aliphatic heterocycles. The lowest BCUT2D eigenvalue weighted by Gasteiger charge is -2.13. The molecule has 1 unspecified atom stereocenters. The molecule has 0 fully saturated rings. The van der Waals surface area contributed by atoms with Crippen LogP contribution >= 0.6 is 11.3 Å². The molecule has 0 aliphatic carbocycles. The molecular formula is C15H18FNS. The highest BCUT2D eigenvalue weighted by Crippen LogP contribution is 2.22. The molecule has 18 heavy (non-hydrogen) atoms. The smallest absolute Gasteiger partial charge is 0.123 e. The third-order valence-corrected chi connectivity index (χ3v) is 4.28. The topological polar surface area (TPSA) is 12.0 Å². The third-order valence-electron chi connectivity index (χ3n) is 3.10. The minimum absolute atomic E-state index is 0.169. The zero-order valence-corrected chi connectivity index (χ0v) is 11.8. The molecule has 0 bridgehead atoms. The molecule has 1 aromatic heterocycles. The predicted octanol–water partition coefficient (Wildman–Crippen LogP) is 4.35. The zero-order valence-electron chi connectivity index (χ0n) is 11.0. The normalized spacial score (nSPS) is 12.7. The van der Waals surface area contributed by atoms with Crippen molar-refractivity contribution < 1.29 is 4.39 Å². The number of nitrogens with one attached hydrogen (secondary N) is 1. The van der Waals surface area contributed by atoms with Gasteiger partial charge in [0.15, 0.2) is 0 Å². The van der Waals surface area contributed by atoms with E-state index in [1.807, 2.05) is 13.0 Å². The highest BCUT2D eigenvalue weighted by atomic mass is 32.1. The predicted molar refractivity (Wildman–Crippen MR) is 75.4 cm³/mol. The van der Waals surface area contributed by atoms with Gasteiger partial charge >= 0.3 is 0 Å². The van der Waals surface area contributed by atoms with Gasteiger partial charge in [-0.2, -0.15) is 0 Å². The molecule has 1 atom stereocenters. The Kier molecular flexibility index (Phi) is 4.15. The fourth-order valence-corrected chi connectivity index (χ4v) is 2.78. The van der Waals surface area contributed by atoms with Crippen LogP contribution in [0.3, 0.4) is 0 Å². The number of halogens is 1. The minimum Gasteiger partial charge on any atom is -0.305 e. The van der Waals surface area contributed by atoms with E-state index >= 15 is 0 Å². The Balaban J connectivity index is 2.01. The maximum Gasteiger partial charge on any atom is 0.123 e. The largest absolute Gasteiger partial charge is 0.305 e. The first-order valence-corrected chi connectivity index (χ1v) is 6.92. The van der Waals surface area contributed by atoms with Crippen LogP contribution in [0.25, 0.3) is 0 Å². The van der Waals surface area contributed by atoms with Crippen molar-refractivity contribution in [2.45, 2.75) is 33.4 Å². The van der Waals surface area contributed by atoms with Gasteiger partial charge in [0.05, 0.1) is 0 Å². The van der Waals surface area contributed by atoms with Crippen LogP contribution < -0.4 is 5.32 Å². The molecule has 0 radical (unpaired) electrons. The van der Waals surface area contributed by atoms with Crippen molar-refractivity contribution >= 4 is 11.3 Å². The summed E-state index contributed by atoms with van der Waals surface area (Å²) in [6.45, 7) is 6.95. The highest BCUT2D eigenvalue weighted by Gasteiger charge is 2.08. The van der Waals surface area contributed by atoms with Crippen molar-refractivity contribution in [1.29, 1.82) is 0 Å². The third kappa shape index (κ3) is 3.18. The van der Waals surface area contributed by atoms with E-state index in [0.29, 0.717) is 12.6 Å². The average Bonchev–Trinajstić information content (AvgIpc) is 2.77. The molecular weight excluding hydrogens is 245 g/mol. The Hall–Kier alpha value is -1.19. The van der Waals surface area contributed by atoms with Crippen LogP contribution in [0.15, 0.2) is 30.3 Å². The lowest BCUT2D eigenvalue weighted by Crippen LogP contribution is -2.17. The van der Waals surface area contributed by atoms with Crippen molar-refractivity contribution in [3.05, 3.63) is 57.0 Å². The molecule has 0 spiro atoms. The van der Waals surface area contributed by atoms with Crippen LogP contribution in [-0.2, 0) is 6.54 Å². The second kappa shape index (κ2) is 5.63. The summed E-state index contributed by atoms with van der Waals surface area (Å²) in [7, 11) is 0. The van der Waals surface area contributed by atoms with Gasteiger partial charge in [0.25, 0.3) is 0 Å². The lowest BCUT2D eigenvalue weighted by molar-refractivity contribution is 0.574. The Morgan fingerprint density at radius 3 is 2.67 bits per heavy atom. The molecule has 0 amide bonds. The molecule has 0 aliphatic rings. The van der Waals surface area contributed by atoms with Gasteiger partial charge < -0.3 is 5.32 Å². The van der Waals surface area contributed by atoms with Gasteiger partial charge in [-0.15, -0.1) is 11.3 Å². The van der Waals surface area contributed by atoms with Crippen LogP contribution in [0.5, 0.6) is 0 Å². The zero-order chi connectivity index (χ0) is 13.1. The van der Waals surface area contributed by atoms with E-state index in [4.69, 9.17) is 0 Å². The van der Waals surface area contributed by atoms with Crippen molar-refractivity contribution in [3.8, 4) is 0 Å². The Morgan fingerprint density at radius 2 is 2.00 bits per heavy atom. The van der Waals surface area contributed by atoms with E-state index < -0.39 is 0 Å². The van der Waals surface area contributed by atoms with E-state index in [2.05, 4.69) is 31.3 Å². The summed E-state index contributed by atoms with van der Waals surface area (Å²) in [6.07, 6.45) is 0. The monoisotopic (exact) mass is 263 g/mol. The first kappa shape index (κ1) is 13.2. The number of aryl methyl sites for hydroxylation is 2. The maximum atomic E-state index is 13.2. The molecule has 0 saturated carbocycles. The first-order valence-electron chi connectivity index (χ1n) is 6.11. The first-order chi connectivity index (χ1) is 8.56. The molecule has 1 N–H and O–H groups in total. The standard InChI is InChI=1S/C15H18FNS/c1-10-4-6-14(16)8-13(10)9-17-12(3)15-7-5-11(2)18-15/h4-8,12,17H,9H2,1-3H3. The number of hydrogen-bond donors (Lipinski definition) is 1. The van der Waals surface area contributed by atoms with E-state index in [-0.39, 0.29) is 5.82 Å². The molecule has 96 valence electrons. The Labute approximate surface area is 112 Å². The number of benzene rings is 1. The summed E-state index contributed by atoms with van der Waals surface area (Å²) in [5.41, 5.74) is 2.15. The molecule has 3 heteroatoms. The molecule has 1 heterocycles.